The van der Waals surface area contributed by atoms with Gasteiger partial charge in [0.2, 0.25) is 5.91 Å². The maximum absolute atomic E-state index is 13.0. The highest BCUT2D eigenvalue weighted by Crippen LogP contribution is 2.49. The van der Waals surface area contributed by atoms with Crippen LogP contribution in [0.3, 0.4) is 0 Å². The molecule has 1 aromatic rings. The summed E-state index contributed by atoms with van der Waals surface area (Å²) in [6, 6.07) is 3.26. The van der Waals surface area contributed by atoms with E-state index < -0.39 is 22.7 Å². The Hall–Kier alpha value is -2.29. The summed E-state index contributed by atoms with van der Waals surface area (Å²) in [6.07, 6.45) is -1.91. The molecule has 138 valence electrons. The Balaban J connectivity index is 1.76. The third kappa shape index (κ3) is 2.45. The molecule has 4 atom stereocenters. The van der Waals surface area contributed by atoms with Crippen molar-refractivity contribution in [3.63, 3.8) is 0 Å². The first-order valence-electron chi connectivity index (χ1n) is 8.40. The predicted octanol–water partition coefficient (Wildman–Crippen LogP) is 3.25. The van der Waals surface area contributed by atoms with Gasteiger partial charge in [0.1, 0.15) is 5.54 Å². The van der Waals surface area contributed by atoms with Crippen molar-refractivity contribution >= 4 is 17.8 Å². The van der Waals surface area contributed by atoms with Gasteiger partial charge in [0.15, 0.2) is 0 Å². The fourth-order valence-corrected chi connectivity index (χ4v) is 4.25. The number of carbonyl (C=O) groups excluding carboxylic acids is 1. The largest absolute Gasteiger partial charge is 0.416 e. The van der Waals surface area contributed by atoms with E-state index in [9.17, 15) is 18.0 Å². The minimum Gasteiger partial charge on any atom is -0.325 e. The molecule has 1 fully saturated rings. The van der Waals surface area contributed by atoms with Gasteiger partial charge in [-0.15, -0.1) is 5.10 Å². The minimum absolute atomic E-state index is 0.0197. The van der Waals surface area contributed by atoms with E-state index in [0.717, 1.165) is 12.1 Å². The molecule has 1 aromatic carbocycles. The number of carbonyl (C=O) groups is 1. The molecule has 3 heterocycles. The third-order valence-corrected chi connectivity index (χ3v) is 5.57. The molecular weight excluding hydrogens is 347 g/mol. The van der Waals surface area contributed by atoms with Crippen LogP contribution in [0.4, 0.5) is 18.9 Å². The third-order valence-electron chi connectivity index (χ3n) is 5.57. The first-order chi connectivity index (χ1) is 12.1. The zero-order valence-corrected chi connectivity index (χ0v) is 14.3. The van der Waals surface area contributed by atoms with Crippen LogP contribution in [-0.2, 0) is 16.4 Å². The number of hydrogen-bond donors (Lipinski definition) is 2. The fraction of sp³-hybridized carbons (Fsp3) is 0.529. The normalized spacial score (nSPS) is 35.8. The van der Waals surface area contributed by atoms with Gasteiger partial charge in [-0.2, -0.15) is 18.3 Å². The van der Waals surface area contributed by atoms with Gasteiger partial charge in [0, 0.05) is 17.8 Å². The maximum atomic E-state index is 13.0. The molecule has 1 unspecified atom stereocenters. The molecule has 0 aromatic heterocycles. The Kier molecular flexibility index (Phi) is 3.53. The van der Waals surface area contributed by atoms with E-state index in [4.69, 9.17) is 0 Å². The number of nitrogens with one attached hydrogen (secondary N) is 2. The Morgan fingerprint density at radius 1 is 1.27 bits per heavy atom. The topological polar surface area (TPSA) is 78.2 Å². The molecule has 0 radical (unpaired) electrons. The molecule has 3 aliphatic heterocycles. The summed E-state index contributed by atoms with van der Waals surface area (Å²) in [6.45, 7) is 3.83. The second-order valence-corrected chi connectivity index (χ2v) is 7.48. The number of nitrogens with zero attached hydrogens (tertiary/aromatic N) is 3. The van der Waals surface area contributed by atoms with Crippen molar-refractivity contribution in [2.75, 3.05) is 5.32 Å². The molecule has 26 heavy (non-hydrogen) atoms. The van der Waals surface area contributed by atoms with Gasteiger partial charge in [-0.3, -0.25) is 4.79 Å². The molecule has 3 aliphatic rings. The molecule has 6 nitrogen and oxygen atoms in total. The molecule has 1 amide bonds. The number of benzene rings is 1. The summed E-state index contributed by atoms with van der Waals surface area (Å²) in [4.78, 5) is 12.9. The zero-order valence-electron chi connectivity index (χ0n) is 14.3. The van der Waals surface area contributed by atoms with Gasteiger partial charge in [-0.05, 0) is 49.6 Å². The van der Waals surface area contributed by atoms with Crippen molar-refractivity contribution in [3.8, 4) is 0 Å². The van der Waals surface area contributed by atoms with Crippen LogP contribution in [0.15, 0.2) is 33.6 Å². The second-order valence-electron chi connectivity index (χ2n) is 7.48. The van der Waals surface area contributed by atoms with Crippen LogP contribution in [0.2, 0.25) is 0 Å². The van der Waals surface area contributed by atoms with E-state index in [1.165, 1.54) is 6.07 Å². The average molecular weight is 365 g/mol. The van der Waals surface area contributed by atoms with Crippen LogP contribution in [0.5, 0.6) is 0 Å². The van der Waals surface area contributed by atoms with E-state index >= 15 is 0 Å². The lowest BCUT2D eigenvalue weighted by molar-refractivity contribution is -0.137. The van der Waals surface area contributed by atoms with Crippen molar-refractivity contribution in [2.24, 2.45) is 15.4 Å². The first kappa shape index (κ1) is 17.1. The van der Waals surface area contributed by atoms with Crippen molar-refractivity contribution < 1.29 is 18.0 Å². The van der Waals surface area contributed by atoms with Gasteiger partial charge >= 0.3 is 6.18 Å². The van der Waals surface area contributed by atoms with Gasteiger partial charge < -0.3 is 10.6 Å². The molecule has 1 saturated heterocycles. The monoisotopic (exact) mass is 365 g/mol. The molecule has 0 bridgehead atoms. The van der Waals surface area contributed by atoms with Crippen LogP contribution >= 0.6 is 0 Å². The van der Waals surface area contributed by atoms with Gasteiger partial charge in [0.05, 0.1) is 17.2 Å². The number of anilines is 1. The van der Waals surface area contributed by atoms with E-state index in [1.54, 1.807) is 6.21 Å². The van der Waals surface area contributed by atoms with Crippen molar-refractivity contribution in [1.29, 1.82) is 0 Å². The molecule has 0 aliphatic carbocycles. The smallest absolute Gasteiger partial charge is 0.325 e. The predicted molar refractivity (Wildman–Crippen MR) is 89.1 cm³/mol. The van der Waals surface area contributed by atoms with Gasteiger partial charge in [-0.25, -0.2) is 0 Å². The van der Waals surface area contributed by atoms with Crippen LogP contribution in [0.1, 0.15) is 37.8 Å². The summed E-state index contributed by atoms with van der Waals surface area (Å²) < 4.78 is 39.0. The summed E-state index contributed by atoms with van der Waals surface area (Å²) >= 11 is 0. The highest BCUT2D eigenvalue weighted by Gasteiger charge is 2.55. The lowest BCUT2D eigenvalue weighted by atomic mass is 9.66. The number of piperidine rings is 1. The molecule has 4 rings (SSSR count). The summed E-state index contributed by atoms with van der Waals surface area (Å²) in [5.41, 5.74) is -1.48. The SMILES string of the molecule is C[C@H]1C[C@@]2(C[C@@H](C3(C)C=NN=N3)N1)C(=O)Nc1cc(C(F)(F)F)ccc12. The Morgan fingerprint density at radius 2 is 2.04 bits per heavy atom. The van der Waals surface area contributed by atoms with Gasteiger partial charge in [-0.1, -0.05) is 6.07 Å². The van der Waals surface area contributed by atoms with Crippen molar-refractivity contribution in [1.82, 2.24) is 5.32 Å². The quantitative estimate of drug-likeness (QED) is 0.801. The lowest BCUT2D eigenvalue weighted by Crippen LogP contribution is -2.60. The summed E-state index contributed by atoms with van der Waals surface area (Å²) in [5.74, 6) is -0.263. The first-order valence-corrected chi connectivity index (χ1v) is 8.40. The van der Waals surface area contributed by atoms with Crippen molar-refractivity contribution in [2.45, 2.75) is 55.9 Å². The number of alkyl halides is 3. The highest BCUT2D eigenvalue weighted by atomic mass is 19.4. The maximum Gasteiger partial charge on any atom is 0.416 e. The number of rotatable bonds is 1. The number of amides is 1. The number of halogens is 3. The van der Waals surface area contributed by atoms with Crippen molar-refractivity contribution in [3.05, 3.63) is 29.3 Å². The molecule has 1 spiro atoms. The second kappa shape index (κ2) is 5.35. The highest BCUT2D eigenvalue weighted by molar-refractivity contribution is 6.06. The Labute approximate surface area is 147 Å². The van der Waals surface area contributed by atoms with Crippen LogP contribution < -0.4 is 10.6 Å². The van der Waals surface area contributed by atoms with Crippen LogP contribution in [0, 0.1) is 0 Å². The van der Waals surface area contributed by atoms with E-state index in [0.29, 0.717) is 18.4 Å². The number of hydrogen-bond acceptors (Lipinski definition) is 5. The zero-order chi connectivity index (χ0) is 18.7. The van der Waals surface area contributed by atoms with Crippen LogP contribution in [-0.4, -0.2) is 29.7 Å². The molecule has 9 heteroatoms. The van der Waals surface area contributed by atoms with E-state index in [-0.39, 0.29) is 23.7 Å². The van der Waals surface area contributed by atoms with Crippen LogP contribution in [0.25, 0.3) is 0 Å². The van der Waals surface area contributed by atoms with Gasteiger partial charge in [0.25, 0.3) is 0 Å². The Morgan fingerprint density at radius 3 is 2.69 bits per heavy atom. The number of fused-ring (bicyclic) bond motifs is 2. The summed E-state index contributed by atoms with van der Waals surface area (Å²) in [7, 11) is 0. The molecule has 2 N–H and O–H groups in total. The Bertz CT molecular complexity index is 822. The molecule has 0 saturated carbocycles. The average Bonchev–Trinajstić information content (AvgIpc) is 3.10. The fourth-order valence-electron chi connectivity index (χ4n) is 4.25. The van der Waals surface area contributed by atoms with E-state index in [2.05, 4.69) is 26.1 Å². The lowest BCUT2D eigenvalue weighted by Gasteiger charge is -2.44. The summed E-state index contributed by atoms with van der Waals surface area (Å²) in [5, 5.41) is 17.8. The van der Waals surface area contributed by atoms with E-state index in [1.807, 2.05) is 13.8 Å². The standard InChI is InChI=1S/C17H18F3N5O/c1-9-6-16(7-13(22-9)15(2)8-21-25-24-15)11-4-3-10(17(18,19)20)5-12(11)23-14(16)26/h3-5,8-9,13,22H,6-7H2,1-2H3,(H,23,26)/t9-,13-,15?,16-/m0/s1. The minimum atomic E-state index is -4.45. The molecular formula is C17H18F3N5O.